The van der Waals surface area contributed by atoms with E-state index in [0.29, 0.717) is 48.2 Å². The highest BCUT2D eigenvalue weighted by molar-refractivity contribution is 5.78. The van der Waals surface area contributed by atoms with Crippen molar-refractivity contribution in [2.24, 2.45) is 5.92 Å². The third-order valence-corrected chi connectivity index (χ3v) is 9.36. The summed E-state index contributed by atoms with van der Waals surface area (Å²) in [4.78, 5) is 48.6. The van der Waals surface area contributed by atoms with E-state index in [1.807, 2.05) is 61.5 Å². The molecule has 5 rings (SSSR count). The van der Waals surface area contributed by atoms with Crippen molar-refractivity contribution in [3.05, 3.63) is 69.9 Å². The van der Waals surface area contributed by atoms with Crippen molar-refractivity contribution in [2.75, 3.05) is 25.0 Å². The third-order valence-electron chi connectivity index (χ3n) is 9.36. The van der Waals surface area contributed by atoms with Gasteiger partial charge in [-0.1, -0.05) is 33.8 Å². The first-order chi connectivity index (χ1) is 25.6. The predicted molar refractivity (Wildman–Crippen MR) is 205 cm³/mol. The summed E-state index contributed by atoms with van der Waals surface area (Å²) in [5.74, 6) is 0.391. The number of aromatic nitrogens is 6. The maximum Gasteiger partial charge on any atom is 0.410 e. The molecular weight excluding hydrogens is 708 g/mol. The van der Waals surface area contributed by atoms with Crippen molar-refractivity contribution in [3.8, 4) is 5.82 Å². The second kappa shape index (κ2) is 15.9. The SMILES string of the molecule is CC(C)c1cnn2c(C(C)(C)C(NCc3cccc(-n4cc([N+](=O)[O-])cn4)n3)C(=O)OC(C)(C)C)cc(NC[C@H]3CCN(C(=O)OC(C)(C)C)C[C@@H]3O)nc12. The summed E-state index contributed by atoms with van der Waals surface area (Å²) in [5, 5.41) is 37.9. The van der Waals surface area contributed by atoms with Crippen LogP contribution < -0.4 is 10.6 Å². The summed E-state index contributed by atoms with van der Waals surface area (Å²) < 4.78 is 14.6. The van der Waals surface area contributed by atoms with E-state index in [1.165, 1.54) is 15.8 Å². The summed E-state index contributed by atoms with van der Waals surface area (Å²) in [6.45, 7) is 20.0. The fraction of sp³-hybridized carbons (Fsp3) is 0.579. The number of pyridine rings is 1. The molecule has 0 spiro atoms. The van der Waals surface area contributed by atoms with Gasteiger partial charge < -0.3 is 24.8 Å². The maximum absolute atomic E-state index is 14.1. The van der Waals surface area contributed by atoms with Gasteiger partial charge in [-0.15, -0.1) is 0 Å². The number of hydrogen-bond acceptors (Lipinski definition) is 13. The van der Waals surface area contributed by atoms with E-state index in [1.54, 1.807) is 28.9 Å². The number of piperidine rings is 1. The Morgan fingerprint density at radius 3 is 2.36 bits per heavy atom. The van der Waals surface area contributed by atoms with Gasteiger partial charge in [-0.25, -0.2) is 24.0 Å². The van der Waals surface area contributed by atoms with Gasteiger partial charge in [0, 0.05) is 42.6 Å². The van der Waals surface area contributed by atoms with Gasteiger partial charge in [0.15, 0.2) is 11.5 Å². The summed E-state index contributed by atoms with van der Waals surface area (Å²) in [6.07, 6.45) is 3.58. The molecule has 0 aliphatic carbocycles. The number of rotatable bonds is 12. The highest BCUT2D eigenvalue weighted by Gasteiger charge is 2.42. The molecule has 1 aliphatic heterocycles. The Balaban J connectivity index is 1.43. The van der Waals surface area contributed by atoms with E-state index >= 15 is 0 Å². The lowest BCUT2D eigenvalue weighted by Gasteiger charge is -2.37. The molecule has 17 nitrogen and oxygen atoms in total. The largest absolute Gasteiger partial charge is 0.459 e. The molecule has 17 heteroatoms. The smallest absolute Gasteiger partial charge is 0.410 e. The van der Waals surface area contributed by atoms with Gasteiger partial charge in [0.05, 0.1) is 35.2 Å². The molecule has 55 heavy (non-hydrogen) atoms. The molecule has 1 amide bonds. The number of fused-ring (bicyclic) bond motifs is 1. The predicted octanol–water partition coefficient (Wildman–Crippen LogP) is 5.15. The van der Waals surface area contributed by atoms with Crippen molar-refractivity contribution >= 4 is 29.2 Å². The van der Waals surface area contributed by atoms with Gasteiger partial charge in [0.25, 0.3) is 0 Å². The van der Waals surface area contributed by atoms with E-state index in [-0.39, 0.29) is 30.6 Å². The van der Waals surface area contributed by atoms with Crippen LogP contribution in [0.3, 0.4) is 0 Å². The lowest BCUT2D eigenvalue weighted by atomic mass is 9.80. The quantitative estimate of drug-likeness (QED) is 0.0972. The number of aliphatic hydroxyl groups excluding tert-OH is 1. The van der Waals surface area contributed by atoms with Gasteiger partial charge in [-0.3, -0.25) is 20.2 Å². The van der Waals surface area contributed by atoms with Gasteiger partial charge >= 0.3 is 17.7 Å². The minimum atomic E-state index is -0.960. The zero-order valence-electron chi connectivity index (χ0n) is 33.4. The van der Waals surface area contributed by atoms with Crippen molar-refractivity contribution in [3.63, 3.8) is 0 Å². The summed E-state index contributed by atoms with van der Waals surface area (Å²) in [5.41, 5.74) is 0.276. The Morgan fingerprint density at radius 2 is 1.75 bits per heavy atom. The monoisotopic (exact) mass is 762 g/mol. The maximum atomic E-state index is 14.1. The van der Waals surface area contributed by atoms with Crippen molar-refractivity contribution < 1.29 is 29.1 Å². The lowest BCUT2D eigenvalue weighted by molar-refractivity contribution is -0.384. The Labute approximate surface area is 321 Å². The molecule has 1 saturated heterocycles. The van der Waals surface area contributed by atoms with Crippen LogP contribution in [-0.4, -0.2) is 99.3 Å². The van der Waals surface area contributed by atoms with E-state index in [0.717, 1.165) is 11.8 Å². The molecule has 1 fully saturated rings. The van der Waals surface area contributed by atoms with E-state index in [9.17, 15) is 24.8 Å². The molecule has 3 atom stereocenters. The van der Waals surface area contributed by atoms with Crippen LogP contribution >= 0.6 is 0 Å². The van der Waals surface area contributed by atoms with Gasteiger partial charge in [-0.2, -0.15) is 10.2 Å². The number of nitrogens with zero attached hydrogens (tertiary/aromatic N) is 8. The number of nitrogens with one attached hydrogen (secondary N) is 2. The zero-order chi connectivity index (χ0) is 40.5. The number of anilines is 1. The van der Waals surface area contributed by atoms with Gasteiger partial charge in [0.1, 0.15) is 35.5 Å². The van der Waals surface area contributed by atoms with E-state index in [2.05, 4.69) is 34.6 Å². The number of carbonyl (C=O) groups excluding carboxylic acids is 2. The Bertz CT molecular complexity index is 2010. The number of β-amino-alcohol motifs (C(OH)–C–C–N with tert-alkyl or cyclic N) is 1. The highest BCUT2D eigenvalue weighted by atomic mass is 16.6. The number of likely N-dealkylation sites (tertiary alicyclic amines) is 1. The molecular formula is C38H54N10O7. The Kier molecular flexibility index (Phi) is 11.9. The summed E-state index contributed by atoms with van der Waals surface area (Å²) >= 11 is 0. The lowest BCUT2D eigenvalue weighted by Crippen LogP contribution is -2.53. The molecule has 0 aromatic carbocycles. The number of esters is 1. The normalized spacial score (nSPS) is 17.3. The van der Waals surface area contributed by atoms with Crippen molar-refractivity contribution in [2.45, 2.75) is 117 Å². The number of amides is 1. The van der Waals surface area contributed by atoms with Crippen LogP contribution in [0.15, 0.2) is 42.9 Å². The number of hydrogen-bond donors (Lipinski definition) is 3. The van der Waals surface area contributed by atoms with Crippen LogP contribution in [-0.2, 0) is 26.2 Å². The topological polar surface area (TPSA) is 204 Å². The molecule has 0 saturated carbocycles. The fourth-order valence-electron chi connectivity index (χ4n) is 6.46. The molecule has 4 aromatic heterocycles. The number of nitro groups is 1. The average Bonchev–Trinajstić information content (AvgIpc) is 3.74. The molecule has 0 radical (unpaired) electrons. The molecule has 4 aromatic rings. The molecule has 1 aliphatic rings. The summed E-state index contributed by atoms with van der Waals surface area (Å²) in [6, 6.07) is 6.20. The molecule has 0 bridgehead atoms. The molecule has 5 heterocycles. The van der Waals surface area contributed by atoms with Crippen LogP contribution in [0.25, 0.3) is 11.5 Å². The zero-order valence-corrected chi connectivity index (χ0v) is 33.4. The first-order valence-electron chi connectivity index (χ1n) is 18.5. The van der Waals surface area contributed by atoms with Crippen LogP contribution in [0.2, 0.25) is 0 Å². The standard InChI is InChI=1S/C38H54N10O7/c1-23(2)27-20-42-47-29(16-30(44-33(27)47)39-17-24-14-15-45(22-28(24)49)35(51)55-37(6,7)8)38(9,10)32(34(50)54-36(3,4)5)40-18-25-12-11-13-31(43-25)46-21-26(19-41-46)48(52)53/h11-13,16,19-21,23-24,28,32,40,49H,14-15,17-18,22H2,1-10H3,(H,39,44)/t24-,28+,32?/m1/s1. The van der Waals surface area contributed by atoms with Crippen molar-refractivity contribution in [1.82, 2.24) is 39.6 Å². The first-order valence-corrected chi connectivity index (χ1v) is 18.5. The van der Waals surface area contributed by atoms with Crippen LogP contribution in [0.4, 0.5) is 16.3 Å². The second-order valence-corrected chi connectivity index (χ2v) is 16.9. The Hall–Kier alpha value is -5.16. The minimum absolute atomic E-state index is 0.101. The number of aliphatic hydroxyl groups is 1. The molecule has 3 N–H and O–H groups in total. The van der Waals surface area contributed by atoms with Crippen LogP contribution in [0.1, 0.15) is 98.5 Å². The van der Waals surface area contributed by atoms with Gasteiger partial charge in [-0.05, 0) is 66.0 Å². The second-order valence-electron chi connectivity index (χ2n) is 16.9. The Morgan fingerprint density at radius 1 is 1.04 bits per heavy atom. The average molecular weight is 763 g/mol. The first kappa shape index (κ1) is 41.0. The van der Waals surface area contributed by atoms with Crippen molar-refractivity contribution in [1.29, 1.82) is 0 Å². The third kappa shape index (κ3) is 9.94. The minimum Gasteiger partial charge on any atom is -0.459 e. The van der Waals surface area contributed by atoms with Crippen LogP contribution in [0, 0.1) is 16.0 Å². The van der Waals surface area contributed by atoms with Crippen LogP contribution in [0.5, 0.6) is 0 Å². The number of ether oxygens (including phenoxy) is 2. The number of carbonyl (C=O) groups is 2. The molecule has 1 unspecified atom stereocenters. The van der Waals surface area contributed by atoms with E-state index in [4.69, 9.17) is 19.6 Å². The van der Waals surface area contributed by atoms with E-state index < -0.39 is 45.7 Å². The fourth-order valence-corrected chi connectivity index (χ4v) is 6.46. The highest BCUT2D eigenvalue weighted by Crippen LogP contribution is 2.33. The molecule has 298 valence electrons. The van der Waals surface area contributed by atoms with Gasteiger partial charge in [0.2, 0.25) is 0 Å². The summed E-state index contributed by atoms with van der Waals surface area (Å²) in [7, 11) is 0.